The first-order valence-electron chi connectivity index (χ1n) is 11.8. The average Bonchev–Trinajstić information content (AvgIpc) is 3.52. The number of methoxy groups -OCH3 is 1. The number of rotatable bonds is 4. The number of aryl methyl sites for hydroxylation is 1. The molecule has 0 spiro atoms. The molecule has 37 heavy (non-hydrogen) atoms. The summed E-state index contributed by atoms with van der Waals surface area (Å²) >= 11 is 0. The molecule has 2 atom stereocenters. The first kappa shape index (κ1) is 25.8. The van der Waals surface area contributed by atoms with Gasteiger partial charge in [-0.2, -0.15) is 4.98 Å². The number of carbonyl (C=O) groups excluding carboxylic acids is 3. The summed E-state index contributed by atoms with van der Waals surface area (Å²) in [6.45, 7) is 0.119. The van der Waals surface area contributed by atoms with Gasteiger partial charge in [-0.15, -0.1) is 5.10 Å². The molecule has 3 heterocycles. The molecule has 4 rings (SSSR count). The molecule has 196 valence electrons. The van der Waals surface area contributed by atoms with E-state index in [9.17, 15) is 19.5 Å². The van der Waals surface area contributed by atoms with Gasteiger partial charge in [-0.3, -0.25) is 4.79 Å². The van der Waals surface area contributed by atoms with E-state index in [0.29, 0.717) is 12.1 Å². The van der Waals surface area contributed by atoms with Crippen LogP contribution in [0.25, 0.3) is 0 Å². The maximum Gasteiger partial charge on any atom is 0.360 e. The number of fused-ring (bicyclic) bond motifs is 3. The Balaban J connectivity index is 1.70. The third-order valence-electron chi connectivity index (χ3n) is 6.04. The van der Waals surface area contributed by atoms with Crippen molar-refractivity contribution in [3.63, 3.8) is 0 Å². The topological polar surface area (TPSA) is 165 Å². The second kappa shape index (κ2) is 11.6. The van der Waals surface area contributed by atoms with E-state index in [1.807, 2.05) is 30.3 Å². The molecule has 0 unspecified atom stereocenters. The summed E-state index contributed by atoms with van der Waals surface area (Å²) in [4.78, 5) is 43.8. The lowest BCUT2D eigenvalue weighted by atomic mass is 10.1. The highest BCUT2D eigenvalue weighted by Crippen LogP contribution is 2.17. The number of nitrogens with zero attached hydrogens (tertiary/aromatic N) is 5. The summed E-state index contributed by atoms with van der Waals surface area (Å²) in [7, 11) is 2.82. The van der Waals surface area contributed by atoms with E-state index in [0.717, 1.165) is 5.56 Å². The number of urea groups is 1. The van der Waals surface area contributed by atoms with Crippen LogP contribution in [0.3, 0.4) is 0 Å². The van der Waals surface area contributed by atoms with Gasteiger partial charge in [-0.1, -0.05) is 35.5 Å². The first-order chi connectivity index (χ1) is 17.9. The van der Waals surface area contributed by atoms with Crippen molar-refractivity contribution in [1.29, 1.82) is 0 Å². The molecular weight excluding hydrogens is 482 g/mol. The highest BCUT2D eigenvalue weighted by molar-refractivity contribution is 5.93. The molecule has 1 aliphatic heterocycles. The maximum atomic E-state index is 13.2. The largest absolute Gasteiger partial charge is 0.464 e. The lowest BCUT2D eigenvalue weighted by molar-refractivity contribution is 0.0592. The first-order valence-corrected chi connectivity index (χ1v) is 11.8. The van der Waals surface area contributed by atoms with Crippen molar-refractivity contribution in [2.45, 2.75) is 44.4 Å². The van der Waals surface area contributed by atoms with Gasteiger partial charge in [0.25, 0.3) is 5.89 Å². The van der Waals surface area contributed by atoms with Crippen LogP contribution in [0.2, 0.25) is 0 Å². The Morgan fingerprint density at radius 2 is 2.00 bits per heavy atom. The summed E-state index contributed by atoms with van der Waals surface area (Å²) in [5, 5.41) is 23.6. The van der Waals surface area contributed by atoms with Gasteiger partial charge in [0.15, 0.2) is 5.69 Å². The monoisotopic (exact) mass is 511 g/mol. The molecule has 2 aromatic heterocycles. The third kappa shape index (κ3) is 6.30. The van der Waals surface area contributed by atoms with Crippen LogP contribution < -0.4 is 10.6 Å². The van der Waals surface area contributed by atoms with Crippen LogP contribution in [0.4, 0.5) is 4.79 Å². The number of aliphatic hydroxyl groups is 1. The van der Waals surface area contributed by atoms with E-state index in [2.05, 4.69) is 25.9 Å². The number of hydrogen-bond acceptors (Lipinski definition) is 9. The number of esters is 1. The van der Waals surface area contributed by atoms with E-state index in [1.165, 1.54) is 12.0 Å². The minimum atomic E-state index is -0.756. The lowest BCUT2D eigenvalue weighted by Crippen LogP contribution is -2.45. The summed E-state index contributed by atoms with van der Waals surface area (Å²) in [6.07, 6.45) is 2.38. The van der Waals surface area contributed by atoms with Crippen molar-refractivity contribution in [2.75, 3.05) is 20.8 Å². The molecule has 0 radical (unpaired) electrons. The van der Waals surface area contributed by atoms with Gasteiger partial charge in [0, 0.05) is 13.5 Å². The zero-order valence-corrected chi connectivity index (χ0v) is 20.6. The summed E-state index contributed by atoms with van der Waals surface area (Å²) in [5.41, 5.74) is 1.51. The fourth-order valence-electron chi connectivity index (χ4n) is 4.06. The molecule has 1 aromatic carbocycles. The summed E-state index contributed by atoms with van der Waals surface area (Å²) in [5.74, 6) is -1.52. The molecule has 0 fully saturated rings. The van der Waals surface area contributed by atoms with E-state index >= 15 is 0 Å². The zero-order valence-electron chi connectivity index (χ0n) is 20.6. The van der Waals surface area contributed by atoms with E-state index in [-0.39, 0.29) is 49.9 Å². The molecule has 2 bridgehead atoms. The number of carbonyl (C=O) groups is 3. The maximum absolute atomic E-state index is 13.2. The zero-order chi connectivity index (χ0) is 26.4. The number of aromatic nitrogens is 4. The number of oxazole rings is 1. The Bertz CT molecular complexity index is 1240. The standard InChI is InChI=1S/C24H29N7O6/c1-30-13-18-11-25-29-31(18)12-17(10-15-6-4-3-5-7-15)26-21(33)22-28-20(23(34)36-2)19(37-22)9-8-16(14-32)27-24(30)35/h3-7,11,16-17,32H,8-10,12-14H2,1-2H3,(H,26,33)(H,27,35)/t16-,17-/m0/s1. The molecule has 0 saturated heterocycles. The Morgan fingerprint density at radius 3 is 2.73 bits per heavy atom. The van der Waals surface area contributed by atoms with E-state index in [4.69, 9.17) is 9.15 Å². The van der Waals surface area contributed by atoms with Crippen molar-refractivity contribution in [1.82, 2.24) is 35.5 Å². The second-order valence-corrected chi connectivity index (χ2v) is 8.77. The predicted octanol–water partition coefficient (Wildman–Crippen LogP) is 0.543. The highest BCUT2D eigenvalue weighted by Gasteiger charge is 2.28. The average molecular weight is 512 g/mol. The van der Waals surface area contributed by atoms with Gasteiger partial charge in [0.1, 0.15) is 5.76 Å². The minimum absolute atomic E-state index is 0.128. The van der Waals surface area contributed by atoms with Gasteiger partial charge in [-0.25, -0.2) is 14.3 Å². The van der Waals surface area contributed by atoms with Crippen molar-refractivity contribution in [3.8, 4) is 0 Å². The Hall–Kier alpha value is -4.26. The summed E-state index contributed by atoms with van der Waals surface area (Å²) in [6, 6.07) is 8.13. The highest BCUT2D eigenvalue weighted by atomic mass is 16.5. The molecule has 3 aromatic rings. The van der Waals surface area contributed by atoms with Crippen LogP contribution in [-0.4, -0.2) is 80.7 Å². The number of aliphatic hydroxyl groups excluding tert-OH is 1. The quantitative estimate of drug-likeness (QED) is 0.424. The van der Waals surface area contributed by atoms with E-state index < -0.39 is 30.0 Å². The normalized spacial score (nSPS) is 19.1. The Kier molecular flexibility index (Phi) is 8.13. The van der Waals surface area contributed by atoms with Crippen LogP contribution in [0.5, 0.6) is 0 Å². The Labute approximate surface area is 212 Å². The molecule has 1 aliphatic rings. The molecule has 13 nitrogen and oxygen atoms in total. The fourth-order valence-corrected chi connectivity index (χ4v) is 4.06. The number of nitrogens with one attached hydrogen (secondary N) is 2. The predicted molar refractivity (Wildman–Crippen MR) is 128 cm³/mol. The molecule has 0 saturated carbocycles. The number of benzene rings is 1. The Morgan fingerprint density at radius 1 is 1.22 bits per heavy atom. The van der Waals surface area contributed by atoms with Crippen LogP contribution in [0, 0.1) is 0 Å². The molecular formula is C24H29N7O6. The van der Waals surface area contributed by atoms with Gasteiger partial charge in [0.05, 0.1) is 50.8 Å². The van der Waals surface area contributed by atoms with Crippen LogP contribution in [0.1, 0.15) is 44.6 Å². The van der Waals surface area contributed by atoms with Crippen molar-refractivity contribution in [3.05, 3.63) is 65.1 Å². The van der Waals surface area contributed by atoms with Gasteiger partial charge in [-0.05, 0) is 18.4 Å². The lowest BCUT2D eigenvalue weighted by Gasteiger charge is -2.23. The van der Waals surface area contributed by atoms with Crippen LogP contribution >= 0.6 is 0 Å². The molecule has 0 aliphatic carbocycles. The van der Waals surface area contributed by atoms with Crippen molar-refractivity contribution >= 4 is 17.9 Å². The van der Waals surface area contributed by atoms with Gasteiger partial charge >= 0.3 is 17.9 Å². The van der Waals surface area contributed by atoms with Gasteiger partial charge in [0.2, 0.25) is 0 Å². The minimum Gasteiger partial charge on any atom is -0.464 e. The van der Waals surface area contributed by atoms with Crippen LogP contribution in [0.15, 0.2) is 40.9 Å². The second-order valence-electron chi connectivity index (χ2n) is 8.77. The smallest absolute Gasteiger partial charge is 0.360 e. The van der Waals surface area contributed by atoms with Gasteiger partial charge < -0.3 is 29.8 Å². The van der Waals surface area contributed by atoms with Crippen molar-refractivity contribution < 1.29 is 28.6 Å². The number of ether oxygens (including phenoxy) is 1. The number of hydrogen-bond donors (Lipinski definition) is 3. The fraction of sp³-hybridized carbons (Fsp3) is 0.417. The van der Waals surface area contributed by atoms with Crippen molar-refractivity contribution in [2.24, 2.45) is 0 Å². The SMILES string of the molecule is COC(=O)c1nc2oc1CC[C@@H](CO)NC(=O)N(C)Cc1cnnn1C[C@H](Cc1ccccc1)NC2=O. The third-order valence-corrected chi connectivity index (χ3v) is 6.04. The molecule has 13 heteroatoms. The number of amides is 3. The van der Waals surface area contributed by atoms with Crippen LogP contribution in [-0.2, 0) is 30.7 Å². The molecule has 3 N–H and O–H groups in total. The van der Waals surface area contributed by atoms with E-state index in [1.54, 1.807) is 17.9 Å². The summed E-state index contributed by atoms with van der Waals surface area (Å²) < 4.78 is 12.1. The molecule has 3 amide bonds.